The van der Waals surface area contributed by atoms with Crippen molar-refractivity contribution in [2.45, 2.75) is 12.7 Å². The van der Waals surface area contributed by atoms with E-state index in [1.54, 1.807) is 0 Å². The number of halogens is 1. The zero-order chi connectivity index (χ0) is 15.3. The van der Waals surface area contributed by atoms with Crippen LogP contribution in [-0.2, 0) is 25.1 Å². The van der Waals surface area contributed by atoms with Crippen LogP contribution in [0.5, 0.6) is 0 Å². The van der Waals surface area contributed by atoms with E-state index in [9.17, 15) is 13.2 Å². The molecule has 0 N–H and O–H groups in total. The molecule has 0 saturated carbocycles. The molecule has 1 aromatic rings. The molecule has 0 bridgehead atoms. The number of carbonyl (C=O) groups is 1. The summed E-state index contributed by atoms with van der Waals surface area (Å²) >= 11 is 0. The smallest absolute Gasteiger partial charge is 0.410 e. The molecule has 116 valence electrons. The van der Waals surface area contributed by atoms with Gasteiger partial charge in [-0.05, 0) is 5.56 Å². The minimum atomic E-state index is -3.66. The molecule has 1 aliphatic heterocycles. The number of ether oxygens (including phenoxy) is 2. The predicted molar refractivity (Wildman–Crippen MR) is 77.6 cm³/mol. The summed E-state index contributed by atoms with van der Waals surface area (Å²) in [6.07, 6.45) is -1.11. The summed E-state index contributed by atoms with van der Waals surface area (Å²) in [5.41, 5.74) is 0.888. The number of carbonyl (C=O) groups excluding carboxylic acids is 1. The van der Waals surface area contributed by atoms with E-state index in [0.717, 1.165) is 5.56 Å². The molecular formula is C13H16ClNO5S. The minimum Gasteiger partial charge on any atom is -0.445 e. The molecule has 2 rings (SSSR count). The van der Waals surface area contributed by atoms with Gasteiger partial charge in [0.1, 0.15) is 6.61 Å². The quantitative estimate of drug-likeness (QED) is 0.782. The Hall–Kier alpha value is -1.31. The topological polar surface area (TPSA) is 72.9 Å². The highest BCUT2D eigenvalue weighted by molar-refractivity contribution is 8.13. The number of rotatable bonds is 4. The summed E-state index contributed by atoms with van der Waals surface area (Å²) in [5.74, 6) is -0.322. The first-order valence-electron chi connectivity index (χ1n) is 6.43. The molecule has 1 aliphatic rings. The minimum absolute atomic E-state index is 0.152. The Kier molecular flexibility index (Phi) is 5.44. The van der Waals surface area contributed by atoms with Crippen LogP contribution in [0.2, 0.25) is 0 Å². The van der Waals surface area contributed by atoms with E-state index in [1.807, 2.05) is 30.3 Å². The molecule has 8 heteroatoms. The summed E-state index contributed by atoms with van der Waals surface area (Å²) in [4.78, 5) is 13.4. The first-order chi connectivity index (χ1) is 9.94. The van der Waals surface area contributed by atoms with Crippen molar-refractivity contribution in [2.24, 2.45) is 0 Å². The Balaban J connectivity index is 1.84. The van der Waals surface area contributed by atoms with Gasteiger partial charge in [-0.1, -0.05) is 30.3 Å². The van der Waals surface area contributed by atoms with Crippen molar-refractivity contribution < 1.29 is 22.7 Å². The molecule has 0 spiro atoms. The summed E-state index contributed by atoms with van der Waals surface area (Å²) < 4.78 is 32.6. The molecule has 21 heavy (non-hydrogen) atoms. The van der Waals surface area contributed by atoms with Crippen molar-refractivity contribution in [1.29, 1.82) is 0 Å². The van der Waals surface area contributed by atoms with Crippen molar-refractivity contribution in [3.8, 4) is 0 Å². The Labute approximate surface area is 128 Å². The van der Waals surface area contributed by atoms with Gasteiger partial charge in [0.05, 0.1) is 25.0 Å². The van der Waals surface area contributed by atoms with Crippen molar-refractivity contribution in [3.63, 3.8) is 0 Å². The normalized spacial score (nSPS) is 19.3. The Bertz CT molecular complexity index is 577. The van der Waals surface area contributed by atoms with Crippen molar-refractivity contribution in [2.75, 3.05) is 25.4 Å². The van der Waals surface area contributed by atoms with Crippen LogP contribution < -0.4 is 0 Å². The molecular weight excluding hydrogens is 318 g/mol. The fraction of sp³-hybridized carbons (Fsp3) is 0.462. The molecule has 6 nitrogen and oxygen atoms in total. The van der Waals surface area contributed by atoms with Crippen LogP contribution in [0, 0.1) is 0 Å². The van der Waals surface area contributed by atoms with Gasteiger partial charge in [-0.2, -0.15) is 0 Å². The van der Waals surface area contributed by atoms with Gasteiger partial charge < -0.3 is 14.4 Å². The van der Waals surface area contributed by atoms with Gasteiger partial charge in [0, 0.05) is 17.2 Å². The molecule has 0 radical (unpaired) electrons. The molecule has 0 unspecified atom stereocenters. The summed E-state index contributed by atoms with van der Waals surface area (Å²) in [5, 5.41) is 0. The second kappa shape index (κ2) is 7.11. The van der Waals surface area contributed by atoms with Crippen LogP contribution in [0.15, 0.2) is 30.3 Å². The number of amides is 1. The number of hydrogen-bond donors (Lipinski definition) is 0. The van der Waals surface area contributed by atoms with Crippen molar-refractivity contribution in [1.82, 2.24) is 4.90 Å². The molecule has 1 aromatic carbocycles. The van der Waals surface area contributed by atoms with E-state index in [0.29, 0.717) is 6.54 Å². The highest BCUT2D eigenvalue weighted by Gasteiger charge is 2.28. The highest BCUT2D eigenvalue weighted by atomic mass is 35.7. The second-order valence-electron chi connectivity index (χ2n) is 4.68. The third kappa shape index (κ3) is 5.53. The average molecular weight is 334 g/mol. The third-order valence-electron chi connectivity index (χ3n) is 2.99. The number of hydrogen-bond acceptors (Lipinski definition) is 5. The molecule has 1 heterocycles. The number of morpholine rings is 1. The van der Waals surface area contributed by atoms with Gasteiger partial charge in [-0.15, -0.1) is 0 Å². The van der Waals surface area contributed by atoms with E-state index >= 15 is 0 Å². The molecule has 1 fully saturated rings. The third-order valence-corrected chi connectivity index (χ3v) is 4.13. The summed E-state index contributed by atoms with van der Waals surface area (Å²) in [6.45, 7) is 0.957. The molecule has 0 aliphatic carbocycles. The predicted octanol–water partition coefficient (Wildman–Crippen LogP) is 1.59. The largest absolute Gasteiger partial charge is 0.445 e. The van der Waals surface area contributed by atoms with Crippen LogP contribution >= 0.6 is 10.7 Å². The van der Waals surface area contributed by atoms with Crippen LogP contribution in [0.25, 0.3) is 0 Å². The lowest BCUT2D eigenvalue weighted by atomic mass is 10.2. The summed E-state index contributed by atoms with van der Waals surface area (Å²) in [7, 11) is 1.53. The Morgan fingerprint density at radius 3 is 2.76 bits per heavy atom. The molecule has 0 aromatic heterocycles. The van der Waals surface area contributed by atoms with E-state index < -0.39 is 21.2 Å². The molecule has 1 atom stereocenters. The van der Waals surface area contributed by atoms with Gasteiger partial charge in [0.15, 0.2) is 0 Å². The maximum atomic E-state index is 11.9. The van der Waals surface area contributed by atoms with Gasteiger partial charge in [-0.3, -0.25) is 0 Å². The van der Waals surface area contributed by atoms with Gasteiger partial charge in [-0.25, -0.2) is 13.2 Å². The van der Waals surface area contributed by atoms with Crippen LogP contribution in [-0.4, -0.2) is 51.0 Å². The number of nitrogens with zero attached hydrogens (tertiary/aromatic N) is 1. The molecule has 1 amide bonds. The zero-order valence-corrected chi connectivity index (χ0v) is 12.8. The van der Waals surface area contributed by atoms with E-state index in [4.69, 9.17) is 20.2 Å². The van der Waals surface area contributed by atoms with Gasteiger partial charge in [0.25, 0.3) is 0 Å². The maximum absolute atomic E-state index is 11.9. The lowest BCUT2D eigenvalue weighted by Gasteiger charge is -2.31. The fourth-order valence-electron chi connectivity index (χ4n) is 2.02. The lowest BCUT2D eigenvalue weighted by molar-refractivity contribution is -0.0176. The average Bonchev–Trinajstić information content (AvgIpc) is 2.44. The monoisotopic (exact) mass is 333 g/mol. The van der Waals surface area contributed by atoms with Crippen LogP contribution in [0.1, 0.15) is 5.56 Å². The van der Waals surface area contributed by atoms with E-state index in [1.165, 1.54) is 4.90 Å². The first-order valence-corrected chi connectivity index (χ1v) is 8.91. The van der Waals surface area contributed by atoms with E-state index in [2.05, 4.69) is 0 Å². The fourth-order valence-corrected chi connectivity index (χ4v) is 3.09. The second-order valence-corrected chi connectivity index (χ2v) is 7.51. The standard InChI is InChI=1S/C13H16ClNO5S/c14-21(17,18)10-12-8-15(6-7-19-12)13(16)20-9-11-4-2-1-3-5-11/h1-5,12H,6-10H2/t12-/m0/s1. The maximum Gasteiger partial charge on any atom is 0.410 e. The lowest BCUT2D eigenvalue weighted by Crippen LogP contribution is -2.47. The van der Waals surface area contributed by atoms with Crippen molar-refractivity contribution in [3.05, 3.63) is 35.9 Å². The van der Waals surface area contributed by atoms with Gasteiger partial charge >= 0.3 is 6.09 Å². The van der Waals surface area contributed by atoms with Gasteiger partial charge in [0.2, 0.25) is 9.05 Å². The van der Waals surface area contributed by atoms with Crippen LogP contribution in [0.3, 0.4) is 0 Å². The highest BCUT2D eigenvalue weighted by Crippen LogP contribution is 2.12. The van der Waals surface area contributed by atoms with Crippen molar-refractivity contribution >= 4 is 25.8 Å². The SMILES string of the molecule is O=C(OCc1ccccc1)N1CCO[C@H](CS(=O)(=O)Cl)C1. The Morgan fingerprint density at radius 2 is 2.10 bits per heavy atom. The van der Waals surface area contributed by atoms with Crippen LogP contribution in [0.4, 0.5) is 4.79 Å². The molecule has 1 saturated heterocycles. The zero-order valence-electron chi connectivity index (χ0n) is 11.3. The van der Waals surface area contributed by atoms with E-state index in [-0.39, 0.29) is 25.5 Å². The summed E-state index contributed by atoms with van der Waals surface area (Å²) in [6, 6.07) is 9.31. The first kappa shape index (κ1) is 16.1. The number of benzene rings is 1. The Morgan fingerprint density at radius 1 is 1.38 bits per heavy atom.